The zero-order chi connectivity index (χ0) is 37.2. The first kappa shape index (κ1) is 42.1. The maximum atomic E-state index is 13.5. The van der Waals surface area contributed by atoms with Crippen molar-refractivity contribution >= 4 is 17.9 Å². The Labute approximate surface area is 291 Å². The van der Waals surface area contributed by atoms with Gasteiger partial charge in [-0.3, -0.25) is 0 Å². The average molecular weight is 691 g/mol. The Morgan fingerprint density at radius 3 is 2.39 bits per heavy atom. The molecule has 11 unspecified atom stereocenters. The molecule has 0 spiro atoms. The summed E-state index contributed by atoms with van der Waals surface area (Å²) in [6.45, 7) is 16.4. The van der Waals surface area contributed by atoms with Crippen molar-refractivity contribution in [2.45, 2.75) is 124 Å². The lowest BCUT2D eigenvalue weighted by Crippen LogP contribution is -2.58. The van der Waals surface area contributed by atoms with Crippen LogP contribution in [0.4, 0.5) is 0 Å². The lowest BCUT2D eigenvalue weighted by atomic mass is 9.77. The summed E-state index contributed by atoms with van der Waals surface area (Å²) in [5.74, 6) is -6.97. The summed E-state index contributed by atoms with van der Waals surface area (Å²) in [7, 11) is 1.48. The number of hydrogen-bond donors (Lipinski definition) is 4. The maximum Gasteiger partial charge on any atom is 0.334 e. The number of carboxylic acids is 1. The zero-order valence-corrected chi connectivity index (χ0v) is 30.7. The van der Waals surface area contributed by atoms with E-state index in [2.05, 4.69) is 0 Å². The molecule has 11 heteroatoms. The molecule has 2 aliphatic rings. The van der Waals surface area contributed by atoms with Crippen LogP contribution in [0.15, 0.2) is 59.3 Å². The maximum absolute atomic E-state index is 13.5. The first-order valence-corrected chi connectivity index (χ1v) is 17.2. The Morgan fingerprint density at radius 1 is 1.14 bits per heavy atom. The van der Waals surface area contributed by atoms with Crippen molar-refractivity contribution in [3.8, 4) is 0 Å². The SMILES string of the molecule is CCC1O[C@@](O)(C(C)C(O)C(C)C2OC(=O)C(C)=CC(C)=CC(C)C(O)C(C)CC(C)=CC=CC2OC)CC(OC(=O)C=CC(=O)O)C1C. The number of aliphatic hydroxyl groups is 3. The third-order valence-corrected chi connectivity index (χ3v) is 9.91. The van der Waals surface area contributed by atoms with Gasteiger partial charge in [-0.25, -0.2) is 14.4 Å². The Kier molecular flexibility index (Phi) is 16.1. The van der Waals surface area contributed by atoms with E-state index in [-0.39, 0.29) is 24.2 Å². The lowest BCUT2D eigenvalue weighted by Gasteiger charge is -2.49. The molecule has 0 aromatic carbocycles. The number of allylic oxidation sites excluding steroid dienone is 5. The minimum Gasteiger partial charge on any atom is -0.478 e. The molecule has 0 bridgehead atoms. The number of cyclic esters (lactones) is 1. The van der Waals surface area contributed by atoms with Crippen LogP contribution in [0.25, 0.3) is 0 Å². The van der Waals surface area contributed by atoms with Crippen LogP contribution in [0.2, 0.25) is 0 Å². The second-order valence-corrected chi connectivity index (χ2v) is 14.0. The van der Waals surface area contributed by atoms with E-state index in [9.17, 15) is 29.7 Å². The first-order valence-electron chi connectivity index (χ1n) is 17.2. The van der Waals surface area contributed by atoms with Crippen molar-refractivity contribution in [1.29, 1.82) is 0 Å². The van der Waals surface area contributed by atoms with Gasteiger partial charge in [0.25, 0.3) is 0 Å². The molecule has 276 valence electrons. The normalized spacial score (nSPS) is 34.2. The molecular formula is C38H58O11. The van der Waals surface area contributed by atoms with Gasteiger partial charge in [0.15, 0.2) is 5.79 Å². The van der Waals surface area contributed by atoms with Crippen LogP contribution < -0.4 is 0 Å². The van der Waals surface area contributed by atoms with E-state index in [4.69, 9.17) is 24.1 Å². The first-order chi connectivity index (χ1) is 22.8. The Balaban J connectivity index is 2.48. The number of carbonyl (C=O) groups excluding carboxylic acids is 2. The number of methoxy groups -OCH3 is 1. The van der Waals surface area contributed by atoms with E-state index < -0.39 is 72.2 Å². The van der Waals surface area contributed by atoms with Gasteiger partial charge in [0, 0.05) is 54.9 Å². The van der Waals surface area contributed by atoms with Crippen LogP contribution in [0, 0.1) is 29.6 Å². The van der Waals surface area contributed by atoms with Gasteiger partial charge in [-0.15, -0.1) is 0 Å². The minimum atomic E-state index is -1.95. The predicted molar refractivity (Wildman–Crippen MR) is 185 cm³/mol. The van der Waals surface area contributed by atoms with Crippen molar-refractivity contribution in [2.24, 2.45) is 29.6 Å². The second kappa shape index (κ2) is 18.8. The number of hydrogen-bond acceptors (Lipinski definition) is 10. The molecule has 0 aromatic heterocycles. The van der Waals surface area contributed by atoms with E-state index >= 15 is 0 Å². The molecule has 2 heterocycles. The summed E-state index contributed by atoms with van der Waals surface area (Å²) in [4.78, 5) is 36.8. The number of ether oxygens (including phenoxy) is 4. The average Bonchev–Trinajstić information content (AvgIpc) is 3.04. The smallest absolute Gasteiger partial charge is 0.334 e. The van der Waals surface area contributed by atoms with Gasteiger partial charge in [-0.1, -0.05) is 77.0 Å². The molecule has 0 aromatic rings. The third-order valence-electron chi connectivity index (χ3n) is 9.91. The Morgan fingerprint density at radius 2 is 1.80 bits per heavy atom. The highest BCUT2D eigenvalue weighted by atomic mass is 16.6. The molecule has 11 nitrogen and oxygen atoms in total. The van der Waals surface area contributed by atoms with E-state index in [1.807, 2.05) is 53.7 Å². The van der Waals surface area contributed by atoms with Gasteiger partial charge in [0.1, 0.15) is 18.3 Å². The van der Waals surface area contributed by atoms with Crippen LogP contribution in [0.1, 0.15) is 81.6 Å². The Hall–Kier alpha value is -3.09. The van der Waals surface area contributed by atoms with Crippen LogP contribution in [0.5, 0.6) is 0 Å². The summed E-state index contributed by atoms with van der Waals surface area (Å²) in [6, 6.07) is 0. The summed E-state index contributed by atoms with van der Waals surface area (Å²) in [5.41, 5.74) is 2.15. The van der Waals surface area contributed by atoms with E-state index in [0.29, 0.717) is 24.5 Å². The summed E-state index contributed by atoms with van der Waals surface area (Å²) >= 11 is 0. The van der Waals surface area contributed by atoms with Gasteiger partial charge in [0.05, 0.1) is 18.3 Å². The van der Waals surface area contributed by atoms with Crippen molar-refractivity contribution in [3.05, 3.63) is 59.3 Å². The fraction of sp³-hybridized carbons (Fsp3) is 0.658. The molecule has 2 aliphatic heterocycles. The van der Waals surface area contributed by atoms with Crippen molar-refractivity contribution < 1.29 is 53.8 Å². The molecule has 12 atom stereocenters. The molecular weight excluding hydrogens is 632 g/mol. The number of aliphatic carboxylic acids is 1. The quantitative estimate of drug-likeness (QED) is 0.189. The van der Waals surface area contributed by atoms with E-state index in [0.717, 1.165) is 17.2 Å². The van der Waals surface area contributed by atoms with Gasteiger partial charge in [-0.2, -0.15) is 0 Å². The summed E-state index contributed by atoms with van der Waals surface area (Å²) < 4.78 is 23.6. The molecule has 0 amide bonds. The van der Waals surface area contributed by atoms with Crippen LogP contribution in [-0.2, 0) is 33.3 Å². The zero-order valence-electron chi connectivity index (χ0n) is 30.7. The number of carbonyl (C=O) groups is 3. The van der Waals surface area contributed by atoms with Gasteiger partial charge >= 0.3 is 17.9 Å². The molecule has 4 N–H and O–H groups in total. The number of aliphatic hydroxyl groups excluding tert-OH is 2. The molecule has 0 saturated carbocycles. The largest absolute Gasteiger partial charge is 0.478 e. The summed E-state index contributed by atoms with van der Waals surface area (Å²) in [5, 5.41) is 43.5. The standard InChI is InChI=1S/C38H58O11/c1-11-29-26(7)31(47-33(41)16-15-32(39)40)20-38(45,49-29)28(9)35(43)27(8)36-30(46-10)14-12-13-21(2)17-23(4)34(42)24(5)18-22(3)19-25(6)37(44)48-36/h12-16,18-19,23-24,26-31,34-36,42-43,45H,11,17,20H2,1-10H3,(H,39,40)/t23?,24?,26?,27?,28?,29?,30?,31?,34?,35?,36?,38-/m1/s1. The highest BCUT2D eigenvalue weighted by molar-refractivity contribution is 5.90. The lowest BCUT2D eigenvalue weighted by molar-refractivity contribution is -0.323. The van der Waals surface area contributed by atoms with Crippen molar-refractivity contribution in [2.75, 3.05) is 7.11 Å². The fourth-order valence-corrected chi connectivity index (χ4v) is 6.79. The van der Waals surface area contributed by atoms with Crippen molar-refractivity contribution in [3.63, 3.8) is 0 Å². The number of carboxylic acid groups (broad SMARTS) is 1. The van der Waals surface area contributed by atoms with Gasteiger partial charge < -0.3 is 39.4 Å². The van der Waals surface area contributed by atoms with Gasteiger partial charge in [0.2, 0.25) is 0 Å². The molecule has 1 saturated heterocycles. The second-order valence-electron chi connectivity index (χ2n) is 14.0. The molecule has 0 radical (unpaired) electrons. The van der Waals surface area contributed by atoms with Crippen LogP contribution in [-0.4, -0.2) is 87.9 Å². The predicted octanol–water partition coefficient (Wildman–Crippen LogP) is 5.05. The number of rotatable bonds is 9. The fourth-order valence-electron chi connectivity index (χ4n) is 6.79. The third kappa shape index (κ3) is 11.7. The number of esters is 2. The van der Waals surface area contributed by atoms with Crippen LogP contribution in [0.3, 0.4) is 0 Å². The molecule has 0 aliphatic carbocycles. The van der Waals surface area contributed by atoms with E-state index in [1.54, 1.807) is 39.0 Å². The summed E-state index contributed by atoms with van der Waals surface area (Å²) in [6.07, 6.45) is 6.52. The Bertz CT molecular complexity index is 1300. The highest BCUT2D eigenvalue weighted by Crippen LogP contribution is 2.41. The highest BCUT2D eigenvalue weighted by Gasteiger charge is 2.52. The monoisotopic (exact) mass is 690 g/mol. The molecule has 2 rings (SSSR count). The van der Waals surface area contributed by atoms with Crippen molar-refractivity contribution in [1.82, 2.24) is 0 Å². The van der Waals surface area contributed by atoms with E-state index in [1.165, 1.54) is 7.11 Å². The minimum absolute atomic E-state index is 0.0123. The molecule has 1 fully saturated rings. The topological polar surface area (TPSA) is 169 Å². The van der Waals surface area contributed by atoms with Gasteiger partial charge in [-0.05, 0) is 45.6 Å². The molecule has 49 heavy (non-hydrogen) atoms. The van der Waals surface area contributed by atoms with Crippen LogP contribution >= 0.6 is 0 Å².